The first-order valence-electron chi connectivity index (χ1n) is 10.5. The number of aryl methyl sites for hydroxylation is 1. The summed E-state index contributed by atoms with van der Waals surface area (Å²) in [5.74, 6) is 6.56. The van der Waals surface area contributed by atoms with Crippen molar-refractivity contribution >= 4 is 52.1 Å². The summed E-state index contributed by atoms with van der Waals surface area (Å²) < 4.78 is 0. The molecule has 5 nitrogen and oxygen atoms in total. The van der Waals surface area contributed by atoms with Crippen LogP contribution in [0.1, 0.15) is 38.6 Å². The van der Waals surface area contributed by atoms with Crippen molar-refractivity contribution in [3.63, 3.8) is 0 Å². The smallest absolute Gasteiger partial charge is 0.187 e. The number of aromatic nitrogens is 2. The second-order valence-electron chi connectivity index (χ2n) is 7.46. The topological polar surface area (TPSA) is 82.2 Å². The molecule has 2 aromatic heterocycles. The number of nitrogens with zero attached hydrogens (tertiary/aromatic N) is 3. The predicted molar refractivity (Wildman–Crippen MR) is 143 cm³/mol. The molecular formula is C28H21N5S. The van der Waals surface area contributed by atoms with Crippen LogP contribution in [0.4, 0.5) is 16.5 Å². The number of hydrogen-bond acceptors (Lipinski definition) is 5. The number of nitrogen functional groups attached to an aromatic ring is 2. The van der Waals surface area contributed by atoms with Gasteiger partial charge in [-0.05, 0) is 54.2 Å². The van der Waals surface area contributed by atoms with Gasteiger partial charge in [0.25, 0.3) is 0 Å². The van der Waals surface area contributed by atoms with Gasteiger partial charge in [-0.3, -0.25) is 0 Å². The summed E-state index contributed by atoms with van der Waals surface area (Å²) in [4.78, 5) is 13.5. The van der Waals surface area contributed by atoms with Gasteiger partial charge < -0.3 is 11.5 Å². The van der Waals surface area contributed by atoms with Crippen molar-refractivity contribution in [1.82, 2.24) is 9.97 Å². The number of hydrogen-bond donors (Lipinski definition) is 2. The van der Waals surface area contributed by atoms with Gasteiger partial charge in [0.05, 0.1) is 22.1 Å². The molecule has 0 atom stereocenters. The van der Waals surface area contributed by atoms with Crippen molar-refractivity contribution < 1.29 is 0 Å². The highest BCUT2D eigenvalue weighted by Gasteiger charge is 2.07. The van der Waals surface area contributed by atoms with Gasteiger partial charge in [0, 0.05) is 0 Å². The zero-order chi connectivity index (χ0) is 23.9. The molecule has 0 bridgehead atoms. The Morgan fingerprint density at radius 1 is 0.794 bits per heavy atom. The Labute approximate surface area is 203 Å². The molecule has 0 saturated heterocycles. The fourth-order valence-corrected chi connectivity index (χ4v) is 3.66. The zero-order valence-corrected chi connectivity index (χ0v) is 19.3. The van der Waals surface area contributed by atoms with Gasteiger partial charge in [0.1, 0.15) is 17.2 Å². The van der Waals surface area contributed by atoms with Crippen LogP contribution in [0.15, 0.2) is 60.7 Å². The molecule has 2 heterocycles. The predicted octanol–water partition coefficient (Wildman–Crippen LogP) is 6.30. The van der Waals surface area contributed by atoms with E-state index in [-0.39, 0.29) is 0 Å². The molecule has 0 aliphatic carbocycles. The van der Waals surface area contributed by atoms with Crippen molar-refractivity contribution in [2.24, 2.45) is 0 Å². The van der Waals surface area contributed by atoms with Gasteiger partial charge in [-0.25, -0.2) is 14.8 Å². The summed E-state index contributed by atoms with van der Waals surface area (Å²) >= 11 is 1.42. The van der Waals surface area contributed by atoms with E-state index in [4.69, 9.17) is 23.0 Å². The minimum absolute atomic E-state index is 0.309. The standard InChI is InChI=1S/C28H21N5S/c1-19-3-5-20(6-4-19)9-15-25-24(17-13-23-14-18-27(29)34-23)32-26(28(30)33-25)16-10-21-7-11-22(31-2)12-8-21/h3-12,14-16,18H,29H2,1H3,(H2,30,33)/b15-9+,16-10+. The SMILES string of the molecule is [C-]#[N+]c1ccc(/C=C/c2nc(C#Cc3ccc(N)s3)c(/C=C/c3ccc(C)cc3)nc2N)cc1. The Morgan fingerprint density at radius 3 is 2.06 bits per heavy atom. The van der Waals surface area contributed by atoms with Gasteiger partial charge in [-0.1, -0.05) is 66.2 Å². The van der Waals surface area contributed by atoms with Crippen LogP contribution in [0.25, 0.3) is 29.1 Å². The molecule has 0 aliphatic rings. The first-order chi connectivity index (χ1) is 16.5. The van der Waals surface area contributed by atoms with E-state index < -0.39 is 0 Å². The first-order valence-corrected chi connectivity index (χ1v) is 11.3. The van der Waals surface area contributed by atoms with E-state index in [1.165, 1.54) is 16.9 Å². The van der Waals surface area contributed by atoms with Crippen molar-refractivity contribution in [2.45, 2.75) is 6.92 Å². The number of benzene rings is 2. The largest absolute Gasteiger partial charge is 0.391 e. The van der Waals surface area contributed by atoms with Crippen molar-refractivity contribution in [2.75, 3.05) is 11.5 Å². The molecule has 0 spiro atoms. The molecule has 4 aromatic rings. The van der Waals surface area contributed by atoms with E-state index in [1.54, 1.807) is 18.2 Å². The monoisotopic (exact) mass is 459 g/mol. The van der Waals surface area contributed by atoms with Crippen LogP contribution in [-0.2, 0) is 0 Å². The van der Waals surface area contributed by atoms with Crippen LogP contribution < -0.4 is 11.5 Å². The molecule has 4 rings (SSSR count). The molecule has 0 radical (unpaired) electrons. The van der Waals surface area contributed by atoms with Gasteiger partial charge in [-0.15, -0.1) is 11.3 Å². The molecule has 2 aromatic carbocycles. The first kappa shape index (κ1) is 22.5. The van der Waals surface area contributed by atoms with Gasteiger partial charge in [0.2, 0.25) is 0 Å². The molecule has 0 saturated carbocycles. The van der Waals surface area contributed by atoms with E-state index in [9.17, 15) is 0 Å². The van der Waals surface area contributed by atoms with Gasteiger partial charge in [0.15, 0.2) is 5.69 Å². The maximum atomic E-state index is 7.07. The Kier molecular flexibility index (Phi) is 6.84. The van der Waals surface area contributed by atoms with E-state index in [0.717, 1.165) is 16.0 Å². The third kappa shape index (κ3) is 5.77. The fourth-order valence-electron chi connectivity index (χ4n) is 3.03. The molecule has 164 valence electrons. The molecular weight excluding hydrogens is 438 g/mol. The van der Waals surface area contributed by atoms with E-state index >= 15 is 0 Å². The lowest BCUT2D eigenvalue weighted by molar-refractivity contribution is 1.15. The fraction of sp³-hybridized carbons (Fsp3) is 0.0357. The second-order valence-corrected chi connectivity index (χ2v) is 8.58. The zero-order valence-electron chi connectivity index (χ0n) is 18.5. The molecule has 0 fully saturated rings. The van der Waals surface area contributed by atoms with Crippen molar-refractivity contribution in [3.8, 4) is 11.8 Å². The highest BCUT2D eigenvalue weighted by Crippen LogP contribution is 2.20. The third-order valence-corrected chi connectivity index (χ3v) is 5.71. The van der Waals surface area contributed by atoms with Crippen molar-refractivity contribution in [1.29, 1.82) is 0 Å². The second kappa shape index (κ2) is 10.3. The summed E-state index contributed by atoms with van der Waals surface area (Å²) in [5, 5.41) is 0.708. The molecule has 34 heavy (non-hydrogen) atoms. The summed E-state index contributed by atoms with van der Waals surface area (Å²) in [6.07, 6.45) is 7.52. The van der Waals surface area contributed by atoms with Crippen molar-refractivity contribution in [3.05, 3.63) is 111 Å². The maximum Gasteiger partial charge on any atom is 0.187 e. The summed E-state index contributed by atoms with van der Waals surface area (Å²) in [7, 11) is 0. The lowest BCUT2D eigenvalue weighted by atomic mass is 10.1. The number of anilines is 2. The average Bonchev–Trinajstić information content (AvgIpc) is 3.27. The quantitative estimate of drug-likeness (QED) is 0.277. The van der Waals surface area contributed by atoms with Gasteiger partial charge >= 0.3 is 0 Å². The van der Waals surface area contributed by atoms with E-state index in [0.29, 0.717) is 33.6 Å². The number of rotatable bonds is 4. The average molecular weight is 460 g/mol. The summed E-state index contributed by atoms with van der Waals surface area (Å²) in [6.45, 7) is 9.12. The number of nitrogens with two attached hydrogens (primary N) is 2. The van der Waals surface area contributed by atoms with E-state index in [1.807, 2.05) is 54.6 Å². The Bertz CT molecular complexity index is 1480. The van der Waals surface area contributed by atoms with Crippen LogP contribution >= 0.6 is 11.3 Å². The van der Waals surface area contributed by atoms with Crippen LogP contribution in [0.2, 0.25) is 0 Å². The van der Waals surface area contributed by atoms with Crippen LogP contribution in [0.5, 0.6) is 0 Å². The Balaban J connectivity index is 1.70. The normalized spacial score (nSPS) is 10.8. The molecule has 0 unspecified atom stereocenters. The van der Waals surface area contributed by atoms with Crippen LogP contribution in [-0.4, -0.2) is 9.97 Å². The highest BCUT2D eigenvalue weighted by molar-refractivity contribution is 7.16. The summed E-state index contributed by atoms with van der Waals surface area (Å²) in [6, 6.07) is 19.2. The minimum atomic E-state index is 0.309. The third-order valence-electron chi connectivity index (χ3n) is 4.88. The lowest BCUT2D eigenvalue weighted by Crippen LogP contribution is -2.03. The molecule has 6 heteroatoms. The lowest BCUT2D eigenvalue weighted by Gasteiger charge is -2.04. The Hall–Kier alpha value is -4.65. The molecule has 4 N–H and O–H groups in total. The maximum absolute atomic E-state index is 7.07. The number of thiophene rings is 1. The summed E-state index contributed by atoms with van der Waals surface area (Å²) in [5.41, 5.74) is 17.5. The minimum Gasteiger partial charge on any atom is -0.391 e. The molecule has 0 amide bonds. The Morgan fingerprint density at radius 2 is 1.44 bits per heavy atom. The van der Waals surface area contributed by atoms with E-state index in [2.05, 4.69) is 40.7 Å². The van der Waals surface area contributed by atoms with Crippen LogP contribution in [0.3, 0.4) is 0 Å². The highest BCUT2D eigenvalue weighted by atomic mass is 32.1. The van der Waals surface area contributed by atoms with Crippen LogP contribution in [0, 0.1) is 25.3 Å². The van der Waals surface area contributed by atoms with Gasteiger partial charge in [-0.2, -0.15) is 0 Å². The molecule has 0 aliphatic heterocycles.